The summed E-state index contributed by atoms with van der Waals surface area (Å²) in [5.74, 6) is 0.104. The van der Waals surface area contributed by atoms with Crippen molar-refractivity contribution in [2.75, 3.05) is 0 Å². The lowest BCUT2D eigenvalue weighted by molar-refractivity contribution is -0.0690. The molecule has 116 valence electrons. The van der Waals surface area contributed by atoms with Crippen molar-refractivity contribution in [3.8, 4) is 0 Å². The van der Waals surface area contributed by atoms with Crippen LogP contribution in [0.1, 0.15) is 73.6 Å². The first-order valence-electron chi connectivity index (χ1n) is 8.23. The molecular weight excluding hydrogens is 264 g/mol. The first-order chi connectivity index (χ1) is 10.0. The van der Waals surface area contributed by atoms with Crippen LogP contribution in [0, 0.1) is 13.8 Å². The van der Waals surface area contributed by atoms with Gasteiger partial charge in [0.05, 0.1) is 29.5 Å². The Morgan fingerprint density at radius 3 is 2.62 bits per heavy atom. The minimum absolute atomic E-state index is 0.104. The van der Waals surface area contributed by atoms with Crippen LogP contribution in [0.2, 0.25) is 0 Å². The number of carbonyl (C=O) groups excluding carboxylic acids is 1. The number of carbonyl (C=O) groups is 1. The van der Waals surface area contributed by atoms with E-state index in [9.17, 15) is 4.79 Å². The molecule has 3 rings (SSSR count). The van der Waals surface area contributed by atoms with Crippen molar-refractivity contribution >= 4 is 5.78 Å². The van der Waals surface area contributed by atoms with Gasteiger partial charge in [-0.05, 0) is 46.5 Å². The molecule has 0 radical (unpaired) electrons. The van der Waals surface area contributed by atoms with Gasteiger partial charge in [0.15, 0.2) is 5.78 Å². The maximum atomic E-state index is 11.7. The van der Waals surface area contributed by atoms with Crippen LogP contribution in [-0.4, -0.2) is 27.3 Å². The van der Waals surface area contributed by atoms with Crippen molar-refractivity contribution in [2.45, 2.75) is 84.0 Å². The molecule has 2 heterocycles. The van der Waals surface area contributed by atoms with Crippen LogP contribution >= 0.6 is 0 Å². The third-order valence-corrected chi connectivity index (χ3v) is 5.21. The molecule has 0 bridgehead atoms. The number of hydrogen-bond donors (Lipinski definition) is 0. The highest BCUT2D eigenvalue weighted by molar-refractivity contribution is 5.96. The summed E-state index contributed by atoms with van der Waals surface area (Å²) >= 11 is 0. The first-order valence-corrected chi connectivity index (χ1v) is 8.23. The summed E-state index contributed by atoms with van der Waals surface area (Å²) in [4.78, 5) is 11.7. The number of rotatable bonds is 3. The van der Waals surface area contributed by atoms with Gasteiger partial charge in [-0.2, -0.15) is 5.10 Å². The summed E-state index contributed by atoms with van der Waals surface area (Å²) in [6.07, 6.45) is 8.97. The van der Waals surface area contributed by atoms with Gasteiger partial charge in [0.25, 0.3) is 0 Å². The number of ether oxygens (including phenoxy) is 1. The molecule has 0 aromatic carbocycles. The molecule has 4 nitrogen and oxygen atoms in total. The van der Waals surface area contributed by atoms with Gasteiger partial charge in [0, 0.05) is 5.69 Å². The number of Topliss-reactive ketones (excluding diaryl/α,β-unsaturated/α-hetero) is 1. The largest absolute Gasteiger partial charge is 0.370 e. The highest BCUT2D eigenvalue weighted by Gasteiger charge is 2.41. The molecule has 2 fully saturated rings. The van der Waals surface area contributed by atoms with Crippen molar-refractivity contribution in [1.29, 1.82) is 0 Å². The second kappa shape index (κ2) is 5.56. The Balaban J connectivity index is 1.71. The Labute approximate surface area is 126 Å². The lowest BCUT2D eigenvalue weighted by Crippen LogP contribution is -2.32. The molecule has 1 aromatic heterocycles. The zero-order chi connectivity index (χ0) is 15.0. The summed E-state index contributed by atoms with van der Waals surface area (Å²) in [5.41, 5.74) is 2.75. The predicted octanol–water partition coefficient (Wildman–Crippen LogP) is 3.58. The summed E-state index contributed by atoms with van der Waals surface area (Å²) < 4.78 is 8.38. The Bertz CT molecular complexity index is 541. The molecule has 1 aromatic rings. The number of aromatic nitrogens is 2. The van der Waals surface area contributed by atoms with Gasteiger partial charge in [-0.3, -0.25) is 9.48 Å². The molecule has 1 aliphatic carbocycles. The minimum Gasteiger partial charge on any atom is -0.370 e. The van der Waals surface area contributed by atoms with E-state index in [-0.39, 0.29) is 17.5 Å². The predicted molar refractivity (Wildman–Crippen MR) is 81.6 cm³/mol. The van der Waals surface area contributed by atoms with Crippen molar-refractivity contribution in [3.05, 3.63) is 17.0 Å². The fourth-order valence-corrected chi connectivity index (χ4v) is 4.17. The average molecular weight is 290 g/mol. The second-order valence-corrected chi connectivity index (χ2v) is 6.81. The van der Waals surface area contributed by atoms with Crippen LogP contribution in [0.3, 0.4) is 0 Å². The molecule has 0 amide bonds. The molecule has 1 unspecified atom stereocenters. The quantitative estimate of drug-likeness (QED) is 0.799. The molecular formula is C17H26N2O2. The monoisotopic (exact) mass is 290 g/mol. The molecule has 1 saturated heterocycles. The molecule has 2 aliphatic rings. The van der Waals surface area contributed by atoms with Crippen molar-refractivity contribution in [2.24, 2.45) is 0 Å². The third kappa shape index (κ3) is 2.78. The number of aryl methyl sites for hydroxylation is 1. The zero-order valence-corrected chi connectivity index (χ0v) is 13.4. The average Bonchev–Trinajstić information content (AvgIpc) is 2.93. The standard InChI is InChI=1S/C17H26N2O2/c1-12-16(14(3)20)13(2)19(18-12)11-15-7-10-17(21-15)8-5-4-6-9-17/h15H,4-11H2,1-3H3. The molecule has 1 saturated carbocycles. The Hall–Kier alpha value is -1.16. The Morgan fingerprint density at radius 1 is 1.29 bits per heavy atom. The van der Waals surface area contributed by atoms with Gasteiger partial charge in [-0.1, -0.05) is 19.3 Å². The van der Waals surface area contributed by atoms with Crippen LogP contribution < -0.4 is 0 Å². The number of hydrogen-bond acceptors (Lipinski definition) is 3. The first kappa shape index (κ1) is 14.8. The fraction of sp³-hybridized carbons (Fsp3) is 0.765. The van der Waals surface area contributed by atoms with E-state index in [2.05, 4.69) is 5.10 Å². The molecule has 21 heavy (non-hydrogen) atoms. The smallest absolute Gasteiger partial charge is 0.163 e. The van der Waals surface area contributed by atoms with Crippen LogP contribution in [-0.2, 0) is 11.3 Å². The lowest BCUT2D eigenvalue weighted by Gasteiger charge is -2.33. The topological polar surface area (TPSA) is 44.1 Å². The van der Waals surface area contributed by atoms with Gasteiger partial charge in [0.2, 0.25) is 0 Å². The minimum atomic E-state index is 0.104. The van der Waals surface area contributed by atoms with Gasteiger partial charge in [-0.15, -0.1) is 0 Å². The van der Waals surface area contributed by atoms with Crippen LogP contribution in [0.4, 0.5) is 0 Å². The van der Waals surface area contributed by atoms with Gasteiger partial charge in [0.1, 0.15) is 0 Å². The normalized spacial score (nSPS) is 24.6. The maximum Gasteiger partial charge on any atom is 0.163 e. The van der Waals surface area contributed by atoms with E-state index >= 15 is 0 Å². The Morgan fingerprint density at radius 2 is 2.00 bits per heavy atom. The lowest BCUT2D eigenvalue weighted by atomic mass is 9.83. The summed E-state index contributed by atoms with van der Waals surface area (Å²) in [6, 6.07) is 0. The van der Waals surface area contributed by atoms with Crippen molar-refractivity contribution in [3.63, 3.8) is 0 Å². The second-order valence-electron chi connectivity index (χ2n) is 6.81. The summed E-state index contributed by atoms with van der Waals surface area (Å²) in [5, 5.41) is 4.54. The van der Waals surface area contributed by atoms with E-state index < -0.39 is 0 Å². The van der Waals surface area contributed by atoms with Gasteiger partial charge in [-0.25, -0.2) is 0 Å². The number of nitrogens with zero attached hydrogens (tertiary/aromatic N) is 2. The Kier molecular flexibility index (Phi) is 3.91. The zero-order valence-electron chi connectivity index (χ0n) is 13.4. The highest BCUT2D eigenvalue weighted by atomic mass is 16.5. The van der Waals surface area contributed by atoms with Crippen molar-refractivity contribution < 1.29 is 9.53 Å². The summed E-state index contributed by atoms with van der Waals surface area (Å²) in [6.45, 7) is 6.30. The summed E-state index contributed by atoms with van der Waals surface area (Å²) in [7, 11) is 0. The maximum absolute atomic E-state index is 11.7. The number of ketones is 1. The van der Waals surface area contributed by atoms with E-state index in [4.69, 9.17) is 4.74 Å². The van der Waals surface area contributed by atoms with Crippen molar-refractivity contribution in [1.82, 2.24) is 9.78 Å². The third-order valence-electron chi connectivity index (χ3n) is 5.21. The van der Waals surface area contributed by atoms with Crippen LogP contribution in [0.25, 0.3) is 0 Å². The van der Waals surface area contributed by atoms with E-state index in [1.807, 2.05) is 18.5 Å². The van der Waals surface area contributed by atoms with Gasteiger partial charge < -0.3 is 4.74 Å². The van der Waals surface area contributed by atoms with E-state index in [0.717, 1.165) is 29.9 Å². The van der Waals surface area contributed by atoms with Crippen LogP contribution in [0.5, 0.6) is 0 Å². The molecule has 0 N–H and O–H groups in total. The van der Waals surface area contributed by atoms with Crippen LogP contribution in [0.15, 0.2) is 0 Å². The molecule has 4 heteroatoms. The molecule has 1 atom stereocenters. The highest BCUT2D eigenvalue weighted by Crippen LogP contribution is 2.42. The van der Waals surface area contributed by atoms with E-state index in [1.54, 1.807) is 6.92 Å². The van der Waals surface area contributed by atoms with Gasteiger partial charge >= 0.3 is 0 Å². The molecule has 1 spiro atoms. The van der Waals surface area contributed by atoms with E-state index in [1.165, 1.54) is 38.5 Å². The SMILES string of the molecule is CC(=O)c1c(C)nn(CC2CCC3(CCCCC3)O2)c1C. The fourth-order valence-electron chi connectivity index (χ4n) is 4.17. The van der Waals surface area contributed by atoms with E-state index in [0.29, 0.717) is 0 Å². The molecule has 1 aliphatic heterocycles.